The zero-order valence-electron chi connectivity index (χ0n) is 11.6. The maximum atomic E-state index is 13.8. The zero-order chi connectivity index (χ0) is 15.5. The van der Waals surface area contributed by atoms with E-state index in [0.29, 0.717) is 5.75 Å². The van der Waals surface area contributed by atoms with Crippen LogP contribution in [0.5, 0.6) is 5.75 Å². The first-order valence-corrected chi connectivity index (χ1v) is 7.04. The first-order valence-electron chi connectivity index (χ1n) is 7.04. The SMILES string of the molecule is NC(C(=O)O)C(F)(F)c1ccc(OC2CCCCC2)cc1. The smallest absolute Gasteiger partial charge is 0.327 e. The van der Waals surface area contributed by atoms with E-state index in [9.17, 15) is 13.6 Å². The van der Waals surface area contributed by atoms with Crippen molar-refractivity contribution in [1.82, 2.24) is 0 Å². The predicted octanol–water partition coefficient (Wildman–Crippen LogP) is 2.90. The number of benzene rings is 1. The second-order valence-electron chi connectivity index (χ2n) is 5.34. The van der Waals surface area contributed by atoms with Crippen molar-refractivity contribution in [3.63, 3.8) is 0 Å². The van der Waals surface area contributed by atoms with E-state index in [1.807, 2.05) is 0 Å². The number of ether oxygens (including phenoxy) is 1. The van der Waals surface area contributed by atoms with Gasteiger partial charge in [0, 0.05) is 5.56 Å². The minimum Gasteiger partial charge on any atom is -0.490 e. The van der Waals surface area contributed by atoms with E-state index in [4.69, 9.17) is 15.6 Å². The van der Waals surface area contributed by atoms with Crippen LogP contribution in [0, 0.1) is 0 Å². The Kier molecular flexibility index (Phi) is 4.77. The molecule has 0 radical (unpaired) electrons. The fraction of sp³-hybridized carbons (Fsp3) is 0.533. The molecule has 0 spiro atoms. The second kappa shape index (κ2) is 6.39. The maximum Gasteiger partial charge on any atom is 0.327 e. The lowest BCUT2D eigenvalue weighted by molar-refractivity contribution is -0.149. The van der Waals surface area contributed by atoms with Gasteiger partial charge in [-0.1, -0.05) is 6.42 Å². The zero-order valence-corrected chi connectivity index (χ0v) is 11.6. The quantitative estimate of drug-likeness (QED) is 0.877. The molecule has 1 aromatic carbocycles. The molecule has 2 rings (SSSR count). The number of carbonyl (C=O) groups is 1. The number of nitrogens with two attached hydrogens (primary N) is 1. The van der Waals surface area contributed by atoms with Crippen molar-refractivity contribution in [2.24, 2.45) is 5.73 Å². The van der Waals surface area contributed by atoms with Crippen LogP contribution in [-0.2, 0) is 10.7 Å². The third-order valence-corrected chi connectivity index (χ3v) is 3.75. The summed E-state index contributed by atoms with van der Waals surface area (Å²) in [6.45, 7) is 0. The average Bonchev–Trinajstić information content (AvgIpc) is 2.48. The minimum absolute atomic E-state index is 0.131. The molecule has 0 saturated heterocycles. The fourth-order valence-corrected chi connectivity index (χ4v) is 2.47. The fourth-order valence-electron chi connectivity index (χ4n) is 2.47. The van der Waals surface area contributed by atoms with Crippen molar-refractivity contribution in [1.29, 1.82) is 0 Å². The molecule has 1 aromatic rings. The summed E-state index contributed by atoms with van der Waals surface area (Å²) in [4.78, 5) is 10.6. The van der Waals surface area contributed by atoms with Gasteiger partial charge in [0.25, 0.3) is 5.92 Å². The molecule has 0 aromatic heterocycles. The Labute approximate surface area is 121 Å². The van der Waals surface area contributed by atoms with Gasteiger partial charge in [-0.25, -0.2) is 0 Å². The Bertz CT molecular complexity index is 484. The Morgan fingerprint density at radius 1 is 1.24 bits per heavy atom. The lowest BCUT2D eigenvalue weighted by Crippen LogP contribution is -2.45. The number of hydrogen-bond acceptors (Lipinski definition) is 3. The Morgan fingerprint density at radius 2 is 1.81 bits per heavy atom. The van der Waals surface area contributed by atoms with Gasteiger partial charge in [0.1, 0.15) is 5.75 Å². The molecule has 116 valence electrons. The number of alkyl halides is 2. The molecule has 1 unspecified atom stereocenters. The molecule has 0 bridgehead atoms. The van der Waals surface area contributed by atoms with Crippen molar-refractivity contribution < 1.29 is 23.4 Å². The number of carboxylic acids is 1. The summed E-state index contributed by atoms with van der Waals surface area (Å²) in [5, 5.41) is 8.62. The Morgan fingerprint density at radius 3 is 2.33 bits per heavy atom. The number of carboxylic acid groups (broad SMARTS) is 1. The summed E-state index contributed by atoms with van der Waals surface area (Å²) < 4.78 is 33.4. The summed E-state index contributed by atoms with van der Waals surface area (Å²) in [6.07, 6.45) is 5.52. The van der Waals surface area contributed by atoms with Gasteiger partial charge in [0.05, 0.1) is 6.10 Å². The summed E-state index contributed by atoms with van der Waals surface area (Å²) in [5.41, 5.74) is 4.61. The lowest BCUT2D eigenvalue weighted by atomic mass is 9.97. The van der Waals surface area contributed by atoms with Crippen LogP contribution in [0.25, 0.3) is 0 Å². The second-order valence-corrected chi connectivity index (χ2v) is 5.34. The largest absolute Gasteiger partial charge is 0.490 e. The van der Waals surface area contributed by atoms with Crippen LogP contribution in [0.4, 0.5) is 8.78 Å². The van der Waals surface area contributed by atoms with Gasteiger partial charge in [-0.2, -0.15) is 8.78 Å². The third kappa shape index (κ3) is 3.69. The standard InChI is InChI=1S/C15H19F2NO3/c16-15(17,13(18)14(19)20)10-6-8-12(9-7-10)21-11-4-2-1-3-5-11/h6-9,11,13H,1-5,18H2,(H,19,20). The molecule has 0 heterocycles. The molecule has 1 fully saturated rings. The molecular formula is C15H19F2NO3. The number of rotatable bonds is 5. The Balaban J connectivity index is 2.05. The summed E-state index contributed by atoms with van der Waals surface area (Å²) in [6, 6.07) is 2.95. The van der Waals surface area contributed by atoms with Crippen LogP contribution >= 0.6 is 0 Å². The highest BCUT2D eigenvalue weighted by atomic mass is 19.3. The predicted molar refractivity (Wildman–Crippen MR) is 73.4 cm³/mol. The van der Waals surface area contributed by atoms with E-state index in [1.54, 1.807) is 0 Å². The van der Waals surface area contributed by atoms with Crippen LogP contribution in [0.15, 0.2) is 24.3 Å². The van der Waals surface area contributed by atoms with Crippen molar-refractivity contribution >= 4 is 5.97 Å². The molecular weight excluding hydrogens is 280 g/mol. The van der Waals surface area contributed by atoms with E-state index in [1.165, 1.54) is 30.7 Å². The van der Waals surface area contributed by atoms with Gasteiger partial charge in [0.15, 0.2) is 6.04 Å². The molecule has 1 aliphatic carbocycles. The van der Waals surface area contributed by atoms with E-state index in [0.717, 1.165) is 25.7 Å². The Hall–Kier alpha value is -1.69. The van der Waals surface area contributed by atoms with E-state index < -0.39 is 23.5 Å². The molecule has 0 amide bonds. The molecule has 1 aliphatic rings. The third-order valence-electron chi connectivity index (χ3n) is 3.75. The topological polar surface area (TPSA) is 72.6 Å². The molecule has 21 heavy (non-hydrogen) atoms. The van der Waals surface area contributed by atoms with Crippen LogP contribution in [0.2, 0.25) is 0 Å². The number of aliphatic carboxylic acids is 1. The molecule has 3 N–H and O–H groups in total. The maximum absolute atomic E-state index is 13.8. The summed E-state index contributed by atoms with van der Waals surface area (Å²) in [5.74, 6) is -4.83. The molecule has 1 saturated carbocycles. The summed E-state index contributed by atoms with van der Waals surface area (Å²) >= 11 is 0. The van der Waals surface area contributed by atoms with Crippen molar-refractivity contribution in [2.75, 3.05) is 0 Å². The normalized spacial score (nSPS) is 18.2. The van der Waals surface area contributed by atoms with Gasteiger partial charge in [0.2, 0.25) is 0 Å². The highest BCUT2D eigenvalue weighted by Crippen LogP contribution is 2.32. The monoisotopic (exact) mass is 299 g/mol. The first kappa shape index (κ1) is 15.7. The minimum atomic E-state index is -3.62. The van der Waals surface area contributed by atoms with E-state index in [2.05, 4.69) is 0 Å². The van der Waals surface area contributed by atoms with Gasteiger partial charge in [-0.15, -0.1) is 0 Å². The molecule has 0 aliphatic heterocycles. The van der Waals surface area contributed by atoms with E-state index >= 15 is 0 Å². The van der Waals surface area contributed by atoms with Crippen molar-refractivity contribution in [3.8, 4) is 5.75 Å². The molecule has 1 atom stereocenters. The van der Waals surface area contributed by atoms with Crippen LogP contribution in [-0.4, -0.2) is 23.2 Å². The number of halogens is 2. The molecule has 4 nitrogen and oxygen atoms in total. The molecule has 6 heteroatoms. The lowest BCUT2D eigenvalue weighted by Gasteiger charge is -2.24. The van der Waals surface area contributed by atoms with Gasteiger partial charge in [-0.05, 0) is 49.9 Å². The highest BCUT2D eigenvalue weighted by molar-refractivity contribution is 5.74. The van der Waals surface area contributed by atoms with Gasteiger partial charge < -0.3 is 15.6 Å². The van der Waals surface area contributed by atoms with E-state index in [-0.39, 0.29) is 6.10 Å². The van der Waals surface area contributed by atoms with Crippen LogP contribution < -0.4 is 10.5 Å². The highest BCUT2D eigenvalue weighted by Gasteiger charge is 2.43. The van der Waals surface area contributed by atoms with Crippen LogP contribution in [0.3, 0.4) is 0 Å². The van der Waals surface area contributed by atoms with Crippen molar-refractivity contribution in [2.45, 2.75) is 50.2 Å². The first-order chi connectivity index (χ1) is 9.91. The van der Waals surface area contributed by atoms with Crippen molar-refractivity contribution in [3.05, 3.63) is 29.8 Å². The summed E-state index contributed by atoms with van der Waals surface area (Å²) in [7, 11) is 0. The average molecular weight is 299 g/mol. The van der Waals surface area contributed by atoms with Crippen LogP contribution in [0.1, 0.15) is 37.7 Å². The van der Waals surface area contributed by atoms with Gasteiger partial charge in [-0.3, -0.25) is 4.79 Å². The van der Waals surface area contributed by atoms with Gasteiger partial charge >= 0.3 is 5.97 Å². The number of hydrogen-bond donors (Lipinski definition) is 2.